The summed E-state index contributed by atoms with van der Waals surface area (Å²) in [5, 5.41) is 1.68. The zero-order valence-corrected chi connectivity index (χ0v) is 9.76. The number of nitrogens with one attached hydrogen (secondary N) is 1. The number of unbranched alkanes of at least 4 members (excludes halogenated alkanes) is 1. The zero-order valence-electron chi connectivity index (χ0n) is 9.76. The average molecular weight is 255 g/mol. The molecule has 7 heteroatoms. The molecule has 0 heterocycles. The first-order valence-electron chi connectivity index (χ1n) is 5.30. The van der Waals surface area contributed by atoms with Gasteiger partial charge in [-0.25, -0.2) is 0 Å². The van der Waals surface area contributed by atoms with Crippen molar-refractivity contribution < 1.29 is 27.5 Å². The second kappa shape index (κ2) is 7.13. The van der Waals surface area contributed by atoms with Crippen LogP contribution in [0.5, 0.6) is 0 Å². The van der Waals surface area contributed by atoms with Crippen molar-refractivity contribution in [2.45, 2.75) is 45.3 Å². The fourth-order valence-corrected chi connectivity index (χ4v) is 0.996. The molecule has 0 spiro atoms. The van der Waals surface area contributed by atoms with E-state index in [0.29, 0.717) is 6.42 Å². The first-order chi connectivity index (χ1) is 7.77. The van der Waals surface area contributed by atoms with Crippen molar-refractivity contribution in [3.63, 3.8) is 0 Å². The Labute approximate surface area is 97.5 Å². The molecule has 0 saturated heterocycles. The summed E-state index contributed by atoms with van der Waals surface area (Å²) < 4.78 is 40.4. The van der Waals surface area contributed by atoms with E-state index >= 15 is 0 Å². The maximum atomic E-state index is 11.9. The number of hydrogen-bond acceptors (Lipinski definition) is 3. The largest absolute Gasteiger partial charge is 0.471 e. The van der Waals surface area contributed by atoms with Crippen LogP contribution < -0.4 is 5.32 Å². The van der Waals surface area contributed by atoms with Crippen LogP contribution in [0, 0.1) is 0 Å². The Morgan fingerprint density at radius 2 is 1.94 bits per heavy atom. The third kappa shape index (κ3) is 7.59. The van der Waals surface area contributed by atoms with Gasteiger partial charge in [0.1, 0.15) is 0 Å². The lowest BCUT2D eigenvalue weighted by Crippen LogP contribution is -2.42. The molecule has 0 aromatic rings. The molecule has 0 aliphatic heterocycles. The lowest BCUT2D eigenvalue weighted by atomic mass is 10.2. The minimum atomic E-state index is -4.93. The summed E-state index contributed by atoms with van der Waals surface area (Å²) in [6.45, 7) is 3.47. The highest BCUT2D eigenvalue weighted by atomic mass is 19.4. The number of halogens is 3. The molecule has 0 fully saturated rings. The lowest BCUT2D eigenvalue weighted by molar-refractivity contribution is -0.174. The fraction of sp³-hybridized carbons (Fsp3) is 0.800. The van der Waals surface area contributed by atoms with Gasteiger partial charge in [0.05, 0.1) is 13.0 Å². The molecule has 0 rings (SSSR count). The Morgan fingerprint density at radius 3 is 2.41 bits per heavy atom. The number of carbonyl (C=O) groups is 2. The van der Waals surface area contributed by atoms with Crippen LogP contribution in [-0.2, 0) is 14.3 Å². The molecule has 4 nitrogen and oxygen atoms in total. The van der Waals surface area contributed by atoms with Crippen LogP contribution in [0.4, 0.5) is 13.2 Å². The predicted molar refractivity (Wildman–Crippen MR) is 54.1 cm³/mol. The van der Waals surface area contributed by atoms with Crippen LogP contribution in [-0.4, -0.2) is 30.7 Å². The smallest absolute Gasteiger partial charge is 0.466 e. The molecule has 0 bridgehead atoms. The number of alkyl halides is 3. The van der Waals surface area contributed by atoms with Gasteiger partial charge in [-0.05, 0) is 13.3 Å². The van der Waals surface area contributed by atoms with E-state index in [4.69, 9.17) is 4.74 Å². The lowest BCUT2D eigenvalue weighted by Gasteiger charge is -2.14. The van der Waals surface area contributed by atoms with E-state index in [1.807, 2.05) is 6.92 Å². The first kappa shape index (κ1) is 15.7. The van der Waals surface area contributed by atoms with E-state index in [0.717, 1.165) is 6.42 Å². The highest BCUT2D eigenvalue weighted by molar-refractivity contribution is 5.82. The maximum Gasteiger partial charge on any atom is 0.471 e. The molecule has 100 valence electrons. The van der Waals surface area contributed by atoms with E-state index in [1.165, 1.54) is 6.92 Å². The number of esters is 1. The zero-order chi connectivity index (χ0) is 13.5. The summed E-state index contributed by atoms with van der Waals surface area (Å²) in [6, 6.07) is -0.904. The van der Waals surface area contributed by atoms with Gasteiger partial charge in [0, 0.05) is 6.04 Å². The van der Waals surface area contributed by atoms with Crippen molar-refractivity contribution in [3.8, 4) is 0 Å². The van der Waals surface area contributed by atoms with Gasteiger partial charge in [0.25, 0.3) is 0 Å². The standard InChI is InChI=1S/C10H16F3NO3/c1-3-4-5-17-8(15)6-7(2)14-9(16)10(11,12)13/h7H,3-6H2,1-2H3,(H,14,16). The van der Waals surface area contributed by atoms with Crippen LogP contribution in [0.25, 0.3) is 0 Å². The maximum absolute atomic E-state index is 11.9. The normalized spacial score (nSPS) is 13.0. The van der Waals surface area contributed by atoms with Crippen molar-refractivity contribution in [2.75, 3.05) is 6.61 Å². The van der Waals surface area contributed by atoms with Gasteiger partial charge in [-0.1, -0.05) is 13.3 Å². The number of rotatable bonds is 6. The van der Waals surface area contributed by atoms with E-state index in [1.54, 1.807) is 5.32 Å². The SMILES string of the molecule is CCCCOC(=O)CC(C)NC(=O)C(F)(F)F. The summed E-state index contributed by atoms with van der Waals surface area (Å²) in [7, 11) is 0. The molecule has 0 radical (unpaired) electrons. The Hall–Kier alpha value is -1.27. The molecule has 1 N–H and O–H groups in total. The van der Waals surface area contributed by atoms with Crippen LogP contribution >= 0.6 is 0 Å². The van der Waals surface area contributed by atoms with Crippen molar-refractivity contribution in [1.82, 2.24) is 5.32 Å². The van der Waals surface area contributed by atoms with E-state index < -0.39 is 24.1 Å². The average Bonchev–Trinajstić information content (AvgIpc) is 2.16. The molecule has 1 amide bonds. The van der Waals surface area contributed by atoms with Gasteiger partial charge in [0.2, 0.25) is 0 Å². The van der Waals surface area contributed by atoms with Gasteiger partial charge < -0.3 is 10.1 Å². The molecule has 1 unspecified atom stereocenters. The Balaban J connectivity index is 3.89. The number of carbonyl (C=O) groups excluding carboxylic acids is 2. The third-order valence-electron chi connectivity index (χ3n) is 1.87. The van der Waals surface area contributed by atoms with Crippen molar-refractivity contribution in [3.05, 3.63) is 0 Å². The van der Waals surface area contributed by atoms with Gasteiger partial charge in [0.15, 0.2) is 0 Å². The van der Waals surface area contributed by atoms with Crippen LogP contribution in [0.2, 0.25) is 0 Å². The molecular formula is C10H16F3NO3. The van der Waals surface area contributed by atoms with E-state index in [-0.39, 0.29) is 13.0 Å². The van der Waals surface area contributed by atoms with Crippen LogP contribution in [0.15, 0.2) is 0 Å². The van der Waals surface area contributed by atoms with Crippen LogP contribution in [0.1, 0.15) is 33.1 Å². The van der Waals surface area contributed by atoms with Gasteiger partial charge in [-0.15, -0.1) is 0 Å². The molecular weight excluding hydrogens is 239 g/mol. The Bertz CT molecular complexity index is 266. The molecule has 0 aromatic carbocycles. The monoisotopic (exact) mass is 255 g/mol. The third-order valence-corrected chi connectivity index (χ3v) is 1.87. The van der Waals surface area contributed by atoms with Gasteiger partial charge in [-0.3, -0.25) is 9.59 Å². The molecule has 0 saturated carbocycles. The Kier molecular flexibility index (Phi) is 6.60. The minimum Gasteiger partial charge on any atom is -0.466 e. The predicted octanol–water partition coefficient (Wildman–Crippen LogP) is 1.79. The first-order valence-corrected chi connectivity index (χ1v) is 5.30. The van der Waals surface area contributed by atoms with Crippen LogP contribution in [0.3, 0.4) is 0 Å². The highest BCUT2D eigenvalue weighted by Crippen LogP contribution is 2.14. The van der Waals surface area contributed by atoms with Crippen molar-refractivity contribution >= 4 is 11.9 Å². The number of hydrogen-bond donors (Lipinski definition) is 1. The second-order valence-electron chi connectivity index (χ2n) is 3.65. The van der Waals surface area contributed by atoms with E-state index in [9.17, 15) is 22.8 Å². The molecule has 17 heavy (non-hydrogen) atoms. The molecule has 0 aliphatic carbocycles. The van der Waals surface area contributed by atoms with Gasteiger partial charge >= 0.3 is 18.1 Å². The number of amides is 1. The highest BCUT2D eigenvalue weighted by Gasteiger charge is 2.39. The van der Waals surface area contributed by atoms with Crippen molar-refractivity contribution in [2.24, 2.45) is 0 Å². The fourth-order valence-electron chi connectivity index (χ4n) is 0.996. The quantitative estimate of drug-likeness (QED) is 0.581. The molecule has 1 atom stereocenters. The summed E-state index contributed by atoms with van der Waals surface area (Å²) in [5.41, 5.74) is 0. The topological polar surface area (TPSA) is 55.4 Å². The van der Waals surface area contributed by atoms with Crippen molar-refractivity contribution in [1.29, 1.82) is 0 Å². The summed E-state index contributed by atoms with van der Waals surface area (Å²) in [5.74, 6) is -2.67. The number of ether oxygens (including phenoxy) is 1. The Morgan fingerprint density at radius 1 is 1.35 bits per heavy atom. The summed E-state index contributed by atoms with van der Waals surface area (Å²) in [4.78, 5) is 21.6. The molecule has 0 aliphatic rings. The molecule has 0 aromatic heterocycles. The summed E-state index contributed by atoms with van der Waals surface area (Å²) >= 11 is 0. The van der Waals surface area contributed by atoms with E-state index in [2.05, 4.69) is 0 Å². The minimum absolute atomic E-state index is 0.245. The second-order valence-corrected chi connectivity index (χ2v) is 3.65. The summed E-state index contributed by atoms with van der Waals surface area (Å²) in [6.07, 6.45) is -3.64. The van der Waals surface area contributed by atoms with Gasteiger partial charge in [-0.2, -0.15) is 13.2 Å².